The van der Waals surface area contributed by atoms with Gasteiger partial charge in [-0.2, -0.15) is 0 Å². The lowest BCUT2D eigenvalue weighted by molar-refractivity contribution is 0.412. The van der Waals surface area contributed by atoms with E-state index in [0.29, 0.717) is 0 Å². The van der Waals surface area contributed by atoms with E-state index >= 15 is 0 Å². The van der Waals surface area contributed by atoms with Crippen LogP contribution in [0.3, 0.4) is 0 Å². The summed E-state index contributed by atoms with van der Waals surface area (Å²) in [6.45, 7) is 1.95. The molecule has 1 aliphatic rings. The van der Waals surface area contributed by atoms with E-state index in [9.17, 15) is 8.42 Å². The Balaban J connectivity index is 2.01. The van der Waals surface area contributed by atoms with Crippen molar-refractivity contribution in [1.82, 2.24) is 4.72 Å². The van der Waals surface area contributed by atoms with E-state index in [1.165, 1.54) is 6.42 Å². The minimum absolute atomic E-state index is 0.0934. The maximum Gasteiger partial charge on any atom is 0.216 e. The Morgan fingerprint density at radius 2 is 1.83 bits per heavy atom. The van der Waals surface area contributed by atoms with Crippen LogP contribution in [0, 0.1) is 6.92 Å². The van der Waals surface area contributed by atoms with Gasteiger partial charge in [0.2, 0.25) is 10.0 Å². The van der Waals surface area contributed by atoms with Gasteiger partial charge in [0.1, 0.15) is 0 Å². The third-order valence-electron chi connectivity index (χ3n) is 3.56. The predicted octanol–water partition coefficient (Wildman–Crippen LogP) is 2.75. The largest absolute Gasteiger partial charge is 0.216 e. The summed E-state index contributed by atoms with van der Waals surface area (Å²) in [5.74, 6) is 0.0934. The van der Waals surface area contributed by atoms with Gasteiger partial charge in [-0.3, -0.25) is 0 Å². The molecule has 0 bridgehead atoms. The van der Waals surface area contributed by atoms with E-state index in [4.69, 9.17) is 0 Å². The van der Waals surface area contributed by atoms with Crippen molar-refractivity contribution in [2.75, 3.05) is 0 Å². The molecule has 1 fully saturated rings. The Hall–Kier alpha value is -0.870. The zero-order valence-electron chi connectivity index (χ0n) is 10.9. The summed E-state index contributed by atoms with van der Waals surface area (Å²) in [5, 5.41) is 0. The van der Waals surface area contributed by atoms with Crippen molar-refractivity contribution >= 4 is 10.0 Å². The maximum absolute atomic E-state index is 12.1. The summed E-state index contributed by atoms with van der Waals surface area (Å²) in [6, 6.07) is 7.80. The average molecular weight is 267 g/mol. The third-order valence-corrected chi connectivity index (χ3v) is 4.94. The summed E-state index contributed by atoms with van der Waals surface area (Å²) in [5.41, 5.74) is 1.92. The lowest BCUT2D eigenvalue weighted by Gasteiger charge is -2.22. The summed E-state index contributed by atoms with van der Waals surface area (Å²) in [4.78, 5) is 0. The van der Waals surface area contributed by atoms with Gasteiger partial charge in [-0.1, -0.05) is 43.5 Å². The summed E-state index contributed by atoms with van der Waals surface area (Å²) >= 11 is 0. The molecule has 1 N–H and O–H groups in total. The van der Waals surface area contributed by atoms with Crippen molar-refractivity contribution in [3.8, 4) is 0 Å². The lowest BCUT2D eigenvalue weighted by Crippen LogP contribution is -2.36. The molecule has 0 heterocycles. The van der Waals surface area contributed by atoms with E-state index in [1.54, 1.807) is 0 Å². The molecular formula is C14H21NO2S. The average Bonchev–Trinajstić information content (AvgIpc) is 2.32. The number of hydrogen-bond acceptors (Lipinski definition) is 2. The highest BCUT2D eigenvalue weighted by molar-refractivity contribution is 7.88. The molecule has 0 aliphatic heterocycles. The molecule has 0 aromatic heterocycles. The fraction of sp³-hybridized carbons (Fsp3) is 0.571. The monoisotopic (exact) mass is 267 g/mol. The summed E-state index contributed by atoms with van der Waals surface area (Å²) in [6.07, 6.45) is 5.46. The van der Waals surface area contributed by atoms with E-state index < -0.39 is 10.0 Å². The van der Waals surface area contributed by atoms with E-state index in [1.807, 2.05) is 31.2 Å². The minimum Gasteiger partial charge on any atom is -0.212 e. The van der Waals surface area contributed by atoms with Crippen molar-refractivity contribution in [3.63, 3.8) is 0 Å². The molecule has 0 unspecified atom stereocenters. The first-order valence-corrected chi connectivity index (χ1v) is 8.26. The second-order valence-corrected chi connectivity index (χ2v) is 6.89. The Labute approximate surface area is 110 Å². The summed E-state index contributed by atoms with van der Waals surface area (Å²) in [7, 11) is -3.21. The van der Waals surface area contributed by atoms with E-state index in [0.717, 1.165) is 36.8 Å². The number of nitrogens with one attached hydrogen (secondary N) is 1. The van der Waals surface area contributed by atoms with Gasteiger partial charge in [0.15, 0.2) is 0 Å². The number of aryl methyl sites for hydroxylation is 1. The van der Waals surface area contributed by atoms with Crippen molar-refractivity contribution in [2.45, 2.75) is 50.8 Å². The molecule has 0 atom stereocenters. The van der Waals surface area contributed by atoms with E-state index in [2.05, 4.69) is 4.72 Å². The predicted molar refractivity (Wildman–Crippen MR) is 73.8 cm³/mol. The molecule has 1 aromatic rings. The normalized spacial score (nSPS) is 17.8. The molecule has 18 heavy (non-hydrogen) atoms. The fourth-order valence-corrected chi connectivity index (χ4v) is 4.05. The topological polar surface area (TPSA) is 46.2 Å². The number of sulfonamides is 1. The van der Waals surface area contributed by atoms with Gasteiger partial charge < -0.3 is 0 Å². The Bertz CT molecular complexity index is 490. The van der Waals surface area contributed by atoms with Gasteiger partial charge in [-0.25, -0.2) is 13.1 Å². The quantitative estimate of drug-likeness (QED) is 0.911. The third kappa shape index (κ3) is 3.82. The van der Waals surface area contributed by atoms with Crippen molar-refractivity contribution in [3.05, 3.63) is 35.4 Å². The fourth-order valence-electron chi connectivity index (χ4n) is 2.49. The number of rotatable bonds is 4. The van der Waals surface area contributed by atoms with Crippen molar-refractivity contribution in [2.24, 2.45) is 0 Å². The highest BCUT2D eigenvalue weighted by atomic mass is 32.2. The highest BCUT2D eigenvalue weighted by Crippen LogP contribution is 2.19. The van der Waals surface area contributed by atoms with Gasteiger partial charge in [-0.05, 0) is 30.9 Å². The van der Waals surface area contributed by atoms with Crippen LogP contribution in [0.4, 0.5) is 0 Å². The van der Waals surface area contributed by atoms with Crippen LogP contribution in [-0.2, 0) is 15.8 Å². The molecule has 0 saturated heterocycles. The molecule has 0 amide bonds. The maximum atomic E-state index is 12.1. The van der Waals surface area contributed by atoms with Gasteiger partial charge in [0.25, 0.3) is 0 Å². The zero-order valence-corrected chi connectivity index (χ0v) is 11.7. The Kier molecular flexibility index (Phi) is 4.40. The number of benzene rings is 1. The number of hydrogen-bond donors (Lipinski definition) is 1. The Morgan fingerprint density at radius 3 is 2.50 bits per heavy atom. The van der Waals surface area contributed by atoms with Crippen molar-refractivity contribution in [1.29, 1.82) is 0 Å². The molecule has 1 aliphatic carbocycles. The molecular weight excluding hydrogens is 246 g/mol. The molecule has 0 spiro atoms. The van der Waals surface area contributed by atoms with Crippen LogP contribution in [0.1, 0.15) is 43.2 Å². The molecule has 4 heteroatoms. The molecule has 0 radical (unpaired) electrons. The second kappa shape index (κ2) is 5.85. The van der Waals surface area contributed by atoms with Crippen LogP contribution in [0.25, 0.3) is 0 Å². The van der Waals surface area contributed by atoms with Crippen LogP contribution < -0.4 is 4.72 Å². The summed E-state index contributed by atoms with van der Waals surface area (Å²) < 4.78 is 27.1. The van der Waals surface area contributed by atoms with Crippen molar-refractivity contribution < 1.29 is 8.42 Å². The van der Waals surface area contributed by atoms with Crippen LogP contribution in [-0.4, -0.2) is 14.5 Å². The SMILES string of the molecule is Cc1ccccc1CS(=O)(=O)NC1CCCCC1. The lowest BCUT2D eigenvalue weighted by atomic mass is 9.96. The van der Waals surface area contributed by atoms with Gasteiger partial charge >= 0.3 is 0 Å². The standard InChI is InChI=1S/C14H21NO2S/c1-12-7-5-6-8-13(12)11-18(16,17)15-14-9-3-2-4-10-14/h5-8,14-15H,2-4,9-11H2,1H3. The molecule has 2 rings (SSSR count). The van der Waals surface area contributed by atoms with E-state index in [-0.39, 0.29) is 11.8 Å². The smallest absolute Gasteiger partial charge is 0.212 e. The van der Waals surface area contributed by atoms with Crippen LogP contribution in [0.15, 0.2) is 24.3 Å². The molecule has 3 nitrogen and oxygen atoms in total. The second-order valence-electron chi connectivity index (χ2n) is 5.14. The molecule has 1 aromatic carbocycles. The first-order valence-electron chi connectivity index (χ1n) is 6.61. The van der Waals surface area contributed by atoms with Gasteiger partial charge in [0, 0.05) is 6.04 Å². The van der Waals surface area contributed by atoms with Gasteiger partial charge in [0.05, 0.1) is 5.75 Å². The first-order chi connectivity index (χ1) is 8.57. The highest BCUT2D eigenvalue weighted by Gasteiger charge is 2.20. The zero-order chi connectivity index (χ0) is 13.0. The minimum atomic E-state index is -3.21. The van der Waals surface area contributed by atoms with Crippen LogP contribution in [0.5, 0.6) is 0 Å². The van der Waals surface area contributed by atoms with Crippen LogP contribution in [0.2, 0.25) is 0 Å². The molecule has 100 valence electrons. The van der Waals surface area contributed by atoms with Crippen LogP contribution >= 0.6 is 0 Å². The first kappa shape index (κ1) is 13.6. The molecule has 1 saturated carbocycles. The Morgan fingerprint density at radius 1 is 1.17 bits per heavy atom. The van der Waals surface area contributed by atoms with Gasteiger partial charge in [-0.15, -0.1) is 0 Å².